The third-order valence-corrected chi connectivity index (χ3v) is 4.05. The zero-order chi connectivity index (χ0) is 15.5. The number of rotatable bonds is 4. The Balaban J connectivity index is 1.69. The van der Waals surface area contributed by atoms with Crippen LogP contribution in [0.5, 0.6) is 5.75 Å². The molecule has 1 aromatic heterocycles. The van der Waals surface area contributed by atoms with Gasteiger partial charge in [0.25, 0.3) is 0 Å². The monoisotopic (exact) mass is 299 g/mol. The van der Waals surface area contributed by atoms with E-state index in [9.17, 15) is 4.79 Å². The molecule has 1 aromatic carbocycles. The molecule has 0 bridgehead atoms. The lowest BCUT2D eigenvalue weighted by Gasteiger charge is -2.29. The van der Waals surface area contributed by atoms with Gasteiger partial charge in [0.2, 0.25) is 5.91 Å². The van der Waals surface area contributed by atoms with Crippen molar-refractivity contribution in [1.82, 2.24) is 14.7 Å². The summed E-state index contributed by atoms with van der Waals surface area (Å²) < 4.78 is 7.50. The third kappa shape index (κ3) is 2.98. The highest BCUT2D eigenvalue weighted by Gasteiger charge is 2.29. The van der Waals surface area contributed by atoms with E-state index >= 15 is 0 Å². The number of aromatic nitrogens is 2. The highest BCUT2D eigenvalue weighted by Crippen LogP contribution is 2.28. The van der Waals surface area contributed by atoms with E-state index in [0.29, 0.717) is 19.7 Å². The Labute approximate surface area is 130 Å². The Hall–Kier alpha value is -2.30. The number of carbonyl (C=O) groups excluding carboxylic acids is 1. The van der Waals surface area contributed by atoms with Gasteiger partial charge in [0.05, 0.1) is 12.1 Å². The highest BCUT2D eigenvalue weighted by atomic mass is 16.5. The summed E-state index contributed by atoms with van der Waals surface area (Å²) in [4.78, 5) is 14.6. The molecule has 5 heteroatoms. The molecule has 2 heterocycles. The Morgan fingerprint density at radius 2 is 2.27 bits per heavy atom. The van der Waals surface area contributed by atoms with Gasteiger partial charge in [-0.15, -0.1) is 0 Å². The zero-order valence-electron chi connectivity index (χ0n) is 13.0. The fourth-order valence-electron chi connectivity index (χ4n) is 2.86. The smallest absolute Gasteiger partial charge is 0.229 e. The first-order chi connectivity index (χ1) is 10.7. The maximum Gasteiger partial charge on any atom is 0.229 e. The SMILES string of the molecule is CCN(Cc1cnn(C)c1)C(=O)C1COc2ccccc2C1. The summed E-state index contributed by atoms with van der Waals surface area (Å²) in [5.41, 5.74) is 2.17. The van der Waals surface area contributed by atoms with Crippen LogP contribution in [0.1, 0.15) is 18.1 Å². The van der Waals surface area contributed by atoms with Gasteiger partial charge in [-0.3, -0.25) is 9.48 Å². The Morgan fingerprint density at radius 1 is 1.45 bits per heavy atom. The van der Waals surface area contributed by atoms with E-state index in [1.54, 1.807) is 4.68 Å². The summed E-state index contributed by atoms with van der Waals surface area (Å²) in [5.74, 6) is 0.953. The second-order valence-corrected chi connectivity index (χ2v) is 5.69. The molecule has 0 spiro atoms. The molecule has 0 aliphatic carbocycles. The molecular weight excluding hydrogens is 278 g/mol. The zero-order valence-corrected chi connectivity index (χ0v) is 13.0. The first kappa shape index (κ1) is 14.6. The molecule has 1 aliphatic rings. The molecule has 116 valence electrons. The van der Waals surface area contributed by atoms with Crippen LogP contribution < -0.4 is 4.74 Å². The molecule has 22 heavy (non-hydrogen) atoms. The van der Waals surface area contributed by atoms with Crippen molar-refractivity contribution >= 4 is 5.91 Å². The fraction of sp³-hybridized carbons (Fsp3) is 0.412. The molecule has 0 saturated carbocycles. The van der Waals surface area contributed by atoms with Crippen molar-refractivity contribution in [2.45, 2.75) is 19.9 Å². The van der Waals surface area contributed by atoms with Crippen molar-refractivity contribution in [1.29, 1.82) is 0 Å². The predicted molar refractivity (Wildman–Crippen MR) is 83.4 cm³/mol. The molecule has 0 fully saturated rings. The average Bonchev–Trinajstić information content (AvgIpc) is 2.96. The molecule has 5 nitrogen and oxygen atoms in total. The van der Waals surface area contributed by atoms with Crippen molar-refractivity contribution in [3.8, 4) is 5.75 Å². The molecule has 1 unspecified atom stereocenters. The van der Waals surface area contributed by atoms with Crippen molar-refractivity contribution < 1.29 is 9.53 Å². The number of amides is 1. The van der Waals surface area contributed by atoms with Gasteiger partial charge in [0.1, 0.15) is 12.4 Å². The lowest BCUT2D eigenvalue weighted by molar-refractivity contribution is -0.137. The van der Waals surface area contributed by atoms with Gasteiger partial charge in [-0.05, 0) is 25.0 Å². The van der Waals surface area contributed by atoms with Crippen LogP contribution >= 0.6 is 0 Å². The molecule has 0 radical (unpaired) electrons. The minimum atomic E-state index is -0.105. The van der Waals surface area contributed by atoms with Crippen molar-refractivity contribution in [3.05, 3.63) is 47.8 Å². The lowest BCUT2D eigenvalue weighted by atomic mass is 9.95. The normalized spacial score (nSPS) is 16.7. The standard InChI is InChI=1S/C17H21N3O2/c1-3-20(11-13-9-18-19(2)10-13)17(21)15-8-14-6-4-5-7-16(14)22-12-15/h4-7,9-10,15H,3,8,11-12H2,1-2H3. The second kappa shape index (κ2) is 6.22. The van der Waals surface area contributed by atoms with Gasteiger partial charge in [0.15, 0.2) is 0 Å². The molecule has 1 aliphatic heterocycles. The molecule has 0 saturated heterocycles. The summed E-state index contributed by atoms with van der Waals surface area (Å²) in [6.07, 6.45) is 4.50. The van der Waals surface area contributed by atoms with Crippen molar-refractivity contribution in [2.75, 3.05) is 13.2 Å². The van der Waals surface area contributed by atoms with Crippen LogP contribution in [-0.2, 0) is 24.8 Å². The van der Waals surface area contributed by atoms with E-state index < -0.39 is 0 Å². The van der Waals surface area contributed by atoms with Gasteiger partial charge in [-0.25, -0.2) is 0 Å². The van der Waals surface area contributed by atoms with Crippen molar-refractivity contribution in [3.63, 3.8) is 0 Å². The van der Waals surface area contributed by atoms with Gasteiger partial charge < -0.3 is 9.64 Å². The van der Waals surface area contributed by atoms with E-state index in [0.717, 1.165) is 23.3 Å². The molecule has 2 aromatic rings. The predicted octanol–water partition coefficient (Wildman–Crippen LogP) is 2.02. The largest absolute Gasteiger partial charge is 0.492 e. The number of ether oxygens (including phenoxy) is 1. The number of nitrogens with zero attached hydrogens (tertiary/aromatic N) is 3. The topological polar surface area (TPSA) is 47.4 Å². The van der Waals surface area contributed by atoms with E-state index in [2.05, 4.69) is 5.10 Å². The van der Waals surface area contributed by atoms with E-state index in [4.69, 9.17) is 4.74 Å². The van der Waals surface area contributed by atoms with Crippen LogP contribution in [0.15, 0.2) is 36.7 Å². The number of hydrogen-bond acceptors (Lipinski definition) is 3. The molecule has 3 rings (SSSR count). The van der Waals surface area contributed by atoms with Gasteiger partial charge in [0, 0.05) is 31.9 Å². The summed E-state index contributed by atoms with van der Waals surface area (Å²) in [6, 6.07) is 7.94. The quantitative estimate of drug-likeness (QED) is 0.868. The Morgan fingerprint density at radius 3 is 3.00 bits per heavy atom. The summed E-state index contributed by atoms with van der Waals surface area (Å²) in [6.45, 7) is 3.75. The number of carbonyl (C=O) groups is 1. The van der Waals surface area contributed by atoms with E-state index in [-0.39, 0.29) is 11.8 Å². The minimum absolute atomic E-state index is 0.105. The van der Waals surface area contributed by atoms with Gasteiger partial charge in [-0.2, -0.15) is 5.10 Å². The fourth-order valence-corrected chi connectivity index (χ4v) is 2.86. The third-order valence-electron chi connectivity index (χ3n) is 4.05. The molecule has 1 atom stereocenters. The van der Waals surface area contributed by atoms with Crippen LogP contribution in [0.25, 0.3) is 0 Å². The second-order valence-electron chi connectivity index (χ2n) is 5.69. The first-order valence-corrected chi connectivity index (χ1v) is 7.64. The number of aryl methyl sites for hydroxylation is 1. The lowest BCUT2D eigenvalue weighted by Crippen LogP contribution is -2.40. The number of fused-ring (bicyclic) bond motifs is 1. The molecule has 0 N–H and O–H groups in total. The van der Waals surface area contributed by atoms with E-state index in [1.807, 2.05) is 55.5 Å². The highest BCUT2D eigenvalue weighted by molar-refractivity contribution is 5.79. The Bertz CT molecular complexity index is 665. The summed E-state index contributed by atoms with van der Waals surface area (Å²) >= 11 is 0. The summed E-state index contributed by atoms with van der Waals surface area (Å²) in [7, 11) is 1.88. The van der Waals surface area contributed by atoms with Crippen LogP contribution in [-0.4, -0.2) is 33.7 Å². The minimum Gasteiger partial charge on any atom is -0.492 e. The van der Waals surface area contributed by atoms with Crippen molar-refractivity contribution in [2.24, 2.45) is 13.0 Å². The van der Waals surface area contributed by atoms with Gasteiger partial charge >= 0.3 is 0 Å². The van der Waals surface area contributed by atoms with Crippen LogP contribution in [0.3, 0.4) is 0 Å². The van der Waals surface area contributed by atoms with Crippen LogP contribution in [0, 0.1) is 5.92 Å². The number of benzene rings is 1. The Kier molecular flexibility index (Phi) is 4.13. The first-order valence-electron chi connectivity index (χ1n) is 7.64. The molecule has 1 amide bonds. The maximum atomic E-state index is 12.8. The van der Waals surface area contributed by atoms with E-state index in [1.165, 1.54) is 0 Å². The maximum absolute atomic E-state index is 12.8. The number of para-hydroxylation sites is 1. The van der Waals surface area contributed by atoms with Crippen LogP contribution in [0.2, 0.25) is 0 Å². The van der Waals surface area contributed by atoms with Gasteiger partial charge in [-0.1, -0.05) is 18.2 Å². The average molecular weight is 299 g/mol. The molecular formula is C17H21N3O2. The number of hydrogen-bond donors (Lipinski definition) is 0. The van der Waals surface area contributed by atoms with Crippen LogP contribution in [0.4, 0.5) is 0 Å². The summed E-state index contributed by atoms with van der Waals surface area (Å²) in [5, 5.41) is 4.16.